The minimum absolute atomic E-state index is 0.0638. The number of rotatable bonds is 8. The molecule has 6 heteroatoms. The summed E-state index contributed by atoms with van der Waals surface area (Å²) in [6, 6.07) is 13.1. The predicted octanol–water partition coefficient (Wildman–Crippen LogP) is 3.77. The molecule has 2 amide bonds. The molecule has 0 aliphatic carbocycles. The molecule has 27 heavy (non-hydrogen) atoms. The highest BCUT2D eigenvalue weighted by Gasteiger charge is 2.14. The standard InChI is InChI=1S/C21H26FN3O2/c1-4-24(5-2)21(27)16-9-7-11-18(13-16)23-20(26)15-25(6-3)19-12-8-10-17(22)14-19/h7-14H,4-6,15H2,1-3H3,(H,23,26). The second-order valence-electron chi connectivity index (χ2n) is 6.10. The number of anilines is 2. The summed E-state index contributed by atoms with van der Waals surface area (Å²) in [7, 11) is 0. The van der Waals surface area contributed by atoms with E-state index in [0.29, 0.717) is 36.6 Å². The van der Waals surface area contributed by atoms with Gasteiger partial charge in [-0.2, -0.15) is 0 Å². The van der Waals surface area contributed by atoms with Gasteiger partial charge in [-0.15, -0.1) is 0 Å². The van der Waals surface area contributed by atoms with E-state index in [-0.39, 0.29) is 24.2 Å². The molecule has 2 aromatic carbocycles. The van der Waals surface area contributed by atoms with Crippen molar-refractivity contribution in [3.8, 4) is 0 Å². The maximum atomic E-state index is 13.4. The van der Waals surface area contributed by atoms with E-state index in [4.69, 9.17) is 0 Å². The lowest BCUT2D eigenvalue weighted by Crippen LogP contribution is -2.33. The van der Waals surface area contributed by atoms with Gasteiger partial charge in [0.05, 0.1) is 6.54 Å². The Hall–Kier alpha value is -2.89. The molecule has 0 aliphatic rings. The summed E-state index contributed by atoms with van der Waals surface area (Å²) in [5, 5.41) is 2.82. The second-order valence-corrected chi connectivity index (χ2v) is 6.10. The minimum Gasteiger partial charge on any atom is -0.362 e. The predicted molar refractivity (Wildman–Crippen MR) is 107 cm³/mol. The van der Waals surface area contributed by atoms with Gasteiger partial charge in [-0.05, 0) is 57.2 Å². The molecular weight excluding hydrogens is 345 g/mol. The van der Waals surface area contributed by atoms with Gasteiger partial charge >= 0.3 is 0 Å². The number of nitrogens with one attached hydrogen (secondary N) is 1. The number of carbonyl (C=O) groups excluding carboxylic acids is 2. The summed E-state index contributed by atoms with van der Waals surface area (Å²) < 4.78 is 13.4. The third kappa shape index (κ3) is 5.54. The van der Waals surface area contributed by atoms with Gasteiger partial charge in [0.1, 0.15) is 5.82 Å². The van der Waals surface area contributed by atoms with Crippen molar-refractivity contribution in [1.82, 2.24) is 4.90 Å². The Kier molecular flexibility index (Phi) is 7.34. The van der Waals surface area contributed by atoms with Crippen molar-refractivity contribution in [2.75, 3.05) is 36.4 Å². The zero-order valence-corrected chi connectivity index (χ0v) is 16.0. The fourth-order valence-electron chi connectivity index (χ4n) is 2.86. The van der Waals surface area contributed by atoms with Crippen LogP contribution in [-0.4, -0.2) is 42.9 Å². The van der Waals surface area contributed by atoms with Crippen LogP contribution in [0.4, 0.5) is 15.8 Å². The van der Waals surface area contributed by atoms with E-state index in [9.17, 15) is 14.0 Å². The minimum atomic E-state index is -0.339. The monoisotopic (exact) mass is 371 g/mol. The summed E-state index contributed by atoms with van der Waals surface area (Å²) in [6.07, 6.45) is 0. The topological polar surface area (TPSA) is 52.7 Å². The van der Waals surface area contributed by atoms with E-state index in [1.54, 1.807) is 46.2 Å². The smallest absolute Gasteiger partial charge is 0.253 e. The van der Waals surface area contributed by atoms with Crippen LogP contribution < -0.4 is 10.2 Å². The first-order valence-corrected chi connectivity index (χ1v) is 9.18. The highest BCUT2D eigenvalue weighted by Crippen LogP contribution is 2.16. The maximum absolute atomic E-state index is 13.4. The quantitative estimate of drug-likeness (QED) is 0.768. The fourth-order valence-corrected chi connectivity index (χ4v) is 2.86. The third-order valence-corrected chi connectivity index (χ3v) is 4.33. The Morgan fingerprint density at radius 2 is 1.67 bits per heavy atom. The molecule has 0 fully saturated rings. The summed E-state index contributed by atoms with van der Waals surface area (Å²) in [5.74, 6) is -0.631. The Morgan fingerprint density at radius 3 is 2.30 bits per heavy atom. The first-order valence-electron chi connectivity index (χ1n) is 9.18. The molecule has 0 aliphatic heterocycles. The SMILES string of the molecule is CCN(CC)C(=O)c1cccc(NC(=O)CN(CC)c2cccc(F)c2)c1. The number of benzene rings is 2. The molecule has 0 saturated carbocycles. The molecule has 5 nitrogen and oxygen atoms in total. The zero-order valence-electron chi connectivity index (χ0n) is 16.0. The van der Waals surface area contributed by atoms with Crippen LogP contribution in [0, 0.1) is 5.82 Å². The first kappa shape index (κ1) is 20.4. The average Bonchev–Trinajstić information content (AvgIpc) is 2.67. The van der Waals surface area contributed by atoms with Crippen LogP contribution in [0.3, 0.4) is 0 Å². The van der Waals surface area contributed by atoms with Crippen molar-refractivity contribution in [3.05, 3.63) is 59.9 Å². The summed E-state index contributed by atoms with van der Waals surface area (Å²) in [4.78, 5) is 28.4. The zero-order chi connectivity index (χ0) is 19.8. The van der Waals surface area contributed by atoms with Gasteiger partial charge < -0.3 is 15.1 Å². The van der Waals surface area contributed by atoms with Crippen molar-refractivity contribution >= 4 is 23.2 Å². The van der Waals surface area contributed by atoms with Crippen LogP contribution in [0.15, 0.2) is 48.5 Å². The molecule has 0 atom stereocenters. The van der Waals surface area contributed by atoms with Gasteiger partial charge in [0.2, 0.25) is 5.91 Å². The van der Waals surface area contributed by atoms with E-state index in [1.165, 1.54) is 12.1 Å². The molecule has 2 rings (SSSR count). The number of carbonyl (C=O) groups is 2. The Morgan fingerprint density at radius 1 is 0.963 bits per heavy atom. The molecule has 0 aromatic heterocycles. The van der Waals surface area contributed by atoms with Crippen LogP contribution in [0.1, 0.15) is 31.1 Å². The molecule has 2 aromatic rings. The lowest BCUT2D eigenvalue weighted by molar-refractivity contribution is -0.115. The Balaban J connectivity index is 2.07. The number of hydrogen-bond donors (Lipinski definition) is 1. The number of likely N-dealkylation sites (N-methyl/N-ethyl adjacent to an activating group) is 1. The molecular formula is C21H26FN3O2. The van der Waals surface area contributed by atoms with E-state index < -0.39 is 0 Å². The van der Waals surface area contributed by atoms with Crippen molar-refractivity contribution in [3.63, 3.8) is 0 Å². The maximum Gasteiger partial charge on any atom is 0.253 e. The van der Waals surface area contributed by atoms with Crippen molar-refractivity contribution < 1.29 is 14.0 Å². The molecule has 0 unspecified atom stereocenters. The van der Waals surface area contributed by atoms with Crippen LogP contribution in [0.2, 0.25) is 0 Å². The van der Waals surface area contributed by atoms with Crippen molar-refractivity contribution in [2.24, 2.45) is 0 Å². The molecule has 0 spiro atoms. The summed E-state index contributed by atoms with van der Waals surface area (Å²) in [6.45, 7) is 7.68. The normalized spacial score (nSPS) is 10.4. The molecule has 0 saturated heterocycles. The lowest BCUT2D eigenvalue weighted by atomic mass is 10.1. The molecule has 1 N–H and O–H groups in total. The summed E-state index contributed by atoms with van der Waals surface area (Å²) >= 11 is 0. The number of nitrogens with zero attached hydrogens (tertiary/aromatic N) is 2. The van der Waals surface area contributed by atoms with Gasteiger partial charge in [-0.25, -0.2) is 4.39 Å². The molecule has 0 radical (unpaired) electrons. The van der Waals surface area contributed by atoms with Crippen LogP contribution in [-0.2, 0) is 4.79 Å². The van der Waals surface area contributed by atoms with Crippen LogP contribution in [0.25, 0.3) is 0 Å². The highest BCUT2D eigenvalue weighted by atomic mass is 19.1. The second kappa shape index (κ2) is 9.71. The van der Waals surface area contributed by atoms with Gasteiger partial charge in [-0.1, -0.05) is 12.1 Å². The van der Waals surface area contributed by atoms with Crippen LogP contribution in [0.5, 0.6) is 0 Å². The van der Waals surface area contributed by atoms with E-state index >= 15 is 0 Å². The van der Waals surface area contributed by atoms with Gasteiger partial charge in [0, 0.05) is 36.6 Å². The average molecular weight is 371 g/mol. The lowest BCUT2D eigenvalue weighted by Gasteiger charge is -2.22. The fraction of sp³-hybridized carbons (Fsp3) is 0.333. The van der Waals surface area contributed by atoms with Crippen molar-refractivity contribution in [1.29, 1.82) is 0 Å². The van der Waals surface area contributed by atoms with Crippen LogP contribution >= 0.6 is 0 Å². The largest absolute Gasteiger partial charge is 0.362 e. The number of hydrogen-bond acceptors (Lipinski definition) is 3. The Bertz CT molecular complexity index is 791. The number of amides is 2. The van der Waals surface area contributed by atoms with Gasteiger partial charge in [0.25, 0.3) is 5.91 Å². The van der Waals surface area contributed by atoms with E-state index in [1.807, 2.05) is 20.8 Å². The summed E-state index contributed by atoms with van der Waals surface area (Å²) in [5.41, 5.74) is 1.75. The first-order chi connectivity index (χ1) is 13.0. The van der Waals surface area contributed by atoms with Crippen molar-refractivity contribution in [2.45, 2.75) is 20.8 Å². The van der Waals surface area contributed by atoms with Gasteiger partial charge in [0.15, 0.2) is 0 Å². The molecule has 144 valence electrons. The number of halogens is 1. The van der Waals surface area contributed by atoms with E-state index in [2.05, 4.69) is 5.32 Å². The Labute approximate surface area is 159 Å². The van der Waals surface area contributed by atoms with Gasteiger partial charge in [-0.3, -0.25) is 9.59 Å². The molecule has 0 bridgehead atoms. The third-order valence-electron chi connectivity index (χ3n) is 4.33. The molecule has 0 heterocycles. The van der Waals surface area contributed by atoms with E-state index in [0.717, 1.165) is 0 Å². The highest BCUT2D eigenvalue weighted by molar-refractivity contribution is 5.98.